The van der Waals surface area contributed by atoms with E-state index in [0.29, 0.717) is 0 Å². The number of methoxy groups -OCH3 is 2. The maximum absolute atomic E-state index is 5.98. The summed E-state index contributed by atoms with van der Waals surface area (Å²) in [6.45, 7) is 11.0. The van der Waals surface area contributed by atoms with E-state index in [0.717, 1.165) is 52.1 Å². The van der Waals surface area contributed by atoms with Gasteiger partial charge in [0.25, 0.3) is 0 Å². The van der Waals surface area contributed by atoms with Gasteiger partial charge in [-0.15, -0.1) is 0 Å². The summed E-state index contributed by atoms with van der Waals surface area (Å²) in [6, 6.07) is 0. The Hall–Kier alpha value is -0.800. The Morgan fingerprint density at radius 3 is 0.936 bits per heavy atom. The van der Waals surface area contributed by atoms with Gasteiger partial charge in [0.15, 0.2) is 25.2 Å². The molecule has 0 bridgehead atoms. The zero-order valence-electron chi connectivity index (χ0n) is 31.9. The molecule has 0 rings (SSSR count). The van der Waals surface area contributed by atoms with Crippen molar-refractivity contribution in [1.29, 1.82) is 0 Å². The van der Waals surface area contributed by atoms with Crippen LogP contribution in [-0.2, 0) is 33.2 Å². The van der Waals surface area contributed by atoms with Crippen LogP contribution in [-0.4, -0.2) is 65.8 Å². The Bertz CT molecular complexity index is 590. The predicted octanol–water partition coefficient (Wildman–Crippen LogP) is 11.4. The number of ether oxygens (including phenoxy) is 7. The van der Waals surface area contributed by atoms with Crippen LogP contribution in [0, 0.1) is 0 Å². The molecule has 47 heavy (non-hydrogen) atoms. The third-order valence-corrected chi connectivity index (χ3v) is 8.35. The van der Waals surface area contributed by atoms with Crippen LogP contribution in [0.5, 0.6) is 0 Å². The maximum Gasteiger partial charge on any atom is 0.179 e. The number of rotatable bonds is 38. The smallest absolute Gasteiger partial charge is 0.179 e. The summed E-state index contributed by atoms with van der Waals surface area (Å²) >= 11 is 0. The Labute approximate surface area is 291 Å². The normalized spacial score (nSPS) is 13.6. The third kappa shape index (κ3) is 32.2. The van der Waals surface area contributed by atoms with Gasteiger partial charge >= 0.3 is 0 Å². The van der Waals surface area contributed by atoms with Gasteiger partial charge in [0, 0.05) is 40.6 Å². The van der Waals surface area contributed by atoms with E-state index >= 15 is 0 Å². The van der Waals surface area contributed by atoms with Gasteiger partial charge < -0.3 is 33.2 Å². The first-order chi connectivity index (χ1) is 23.1. The Morgan fingerprint density at radius 1 is 0.383 bits per heavy atom. The highest BCUT2D eigenvalue weighted by Gasteiger charge is 2.11. The number of hydrogen-bond donors (Lipinski definition) is 0. The fourth-order valence-corrected chi connectivity index (χ4v) is 5.70. The molecule has 0 amide bonds. The van der Waals surface area contributed by atoms with Crippen molar-refractivity contribution in [2.45, 2.75) is 194 Å². The quantitative estimate of drug-likeness (QED) is 0.0368. The molecule has 0 saturated heterocycles. The van der Waals surface area contributed by atoms with Gasteiger partial charge in [-0.25, -0.2) is 0 Å². The number of unbranched alkanes of at least 4 members (excludes halogenated alkanes) is 18. The van der Waals surface area contributed by atoms with E-state index in [9.17, 15) is 0 Å². The van der Waals surface area contributed by atoms with E-state index in [1.807, 2.05) is 39.8 Å². The van der Waals surface area contributed by atoms with Crippen molar-refractivity contribution in [3.05, 3.63) is 24.3 Å². The molecule has 0 saturated carbocycles. The van der Waals surface area contributed by atoms with Gasteiger partial charge in [0.2, 0.25) is 0 Å². The van der Waals surface area contributed by atoms with Crippen LogP contribution in [0.1, 0.15) is 169 Å². The average Bonchev–Trinajstić information content (AvgIpc) is 3.07. The monoisotopic (exact) mass is 671 g/mol. The lowest BCUT2D eigenvalue weighted by Gasteiger charge is -2.18. The third-order valence-electron chi connectivity index (χ3n) is 8.35. The second kappa shape index (κ2) is 38.0. The Balaban J connectivity index is 3.75. The van der Waals surface area contributed by atoms with Crippen LogP contribution in [0.25, 0.3) is 0 Å². The van der Waals surface area contributed by atoms with Crippen molar-refractivity contribution in [1.82, 2.24) is 0 Å². The molecule has 0 aliphatic rings. The van der Waals surface area contributed by atoms with Crippen LogP contribution in [0.2, 0.25) is 0 Å². The molecule has 0 N–H and O–H groups in total. The summed E-state index contributed by atoms with van der Waals surface area (Å²) < 4.78 is 39.5. The van der Waals surface area contributed by atoms with Crippen molar-refractivity contribution in [3.63, 3.8) is 0 Å². The summed E-state index contributed by atoms with van der Waals surface area (Å²) in [4.78, 5) is 0. The van der Waals surface area contributed by atoms with Crippen LogP contribution >= 0.6 is 0 Å². The molecule has 0 radical (unpaired) electrons. The molecular formula is C40H78O7. The van der Waals surface area contributed by atoms with Crippen molar-refractivity contribution < 1.29 is 33.2 Å². The van der Waals surface area contributed by atoms with Gasteiger partial charge in [0.1, 0.15) is 0 Å². The highest BCUT2D eigenvalue weighted by Crippen LogP contribution is 2.16. The molecule has 2 atom stereocenters. The molecule has 0 aromatic rings. The van der Waals surface area contributed by atoms with Gasteiger partial charge in [-0.3, -0.25) is 0 Å². The average molecular weight is 671 g/mol. The first-order valence-corrected chi connectivity index (χ1v) is 19.7. The summed E-state index contributed by atoms with van der Waals surface area (Å²) in [6.07, 6.45) is 34.9. The number of allylic oxidation sites excluding steroid dienone is 2. The maximum atomic E-state index is 5.98. The number of hydrogen-bond acceptors (Lipinski definition) is 7. The first kappa shape index (κ1) is 46.2. The zero-order valence-corrected chi connectivity index (χ0v) is 31.9. The molecule has 0 aromatic carbocycles. The molecule has 7 nitrogen and oxygen atoms in total. The molecule has 2 unspecified atom stereocenters. The molecular weight excluding hydrogens is 592 g/mol. The van der Waals surface area contributed by atoms with E-state index in [1.165, 1.54) is 116 Å². The standard InChI is InChI=1S/C40H78O7/c1-7-43-39(44-8-2)35-31-27-23-19-15-11-13-17-21-25-29-33-37(41-5)47-38(42-6)34-30-26-22-18-14-12-16-20-24-28-32-36-40(45-9-3)46-10-4/h29-30,33-34,37-40H,7-28,31-32,35-36H2,1-6H3. The van der Waals surface area contributed by atoms with Crippen molar-refractivity contribution in [3.8, 4) is 0 Å². The van der Waals surface area contributed by atoms with Gasteiger partial charge in [-0.05, 0) is 91.2 Å². The topological polar surface area (TPSA) is 64.6 Å². The van der Waals surface area contributed by atoms with Gasteiger partial charge in [-0.1, -0.05) is 102 Å². The van der Waals surface area contributed by atoms with E-state index < -0.39 is 12.6 Å². The molecule has 280 valence electrons. The summed E-state index contributed by atoms with van der Waals surface area (Å²) in [5, 5.41) is 0. The fraction of sp³-hybridized carbons (Fsp3) is 0.900. The highest BCUT2D eigenvalue weighted by atomic mass is 16.8. The van der Waals surface area contributed by atoms with Crippen molar-refractivity contribution in [2.24, 2.45) is 0 Å². The molecule has 0 spiro atoms. The minimum absolute atomic E-state index is 0.0123. The Kier molecular flexibility index (Phi) is 37.4. The lowest BCUT2D eigenvalue weighted by atomic mass is 10.1. The van der Waals surface area contributed by atoms with Crippen LogP contribution in [0.3, 0.4) is 0 Å². The fourth-order valence-electron chi connectivity index (χ4n) is 5.70. The zero-order chi connectivity index (χ0) is 34.5. The van der Waals surface area contributed by atoms with Crippen molar-refractivity contribution >= 4 is 0 Å². The molecule has 7 heteroatoms. The summed E-state index contributed by atoms with van der Waals surface area (Å²) in [5.74, 6) is 0. The first-order valence-electron chi connectivity index (χ1n) is 19.7. The van der Waals surface area contributed by atoms with E-state index in [4.69, 9.17) is 33.2 Å². The van der Waals surface area contributed by atoms with Crippen molar-refractivity contribution in [2.75, 3.05) is 40.6 Å². The SMILES string of the molecule is CCOC(CCCCCCCCCCCC=CC(OC)OC(C=CCCCCCCCCCCCC(OCC)OCC)OC)OCC. The minimum atomic E-state index is -0.391. The second-order valence-corrected chi connectivity index (χ2v) is 12.4. The van der Waals surface area contributed by atoms with Gasteiger partial charge in [-0.2, -0.15) is 0 Å². The van der Waals surface area contributed by atoms with E-state index in [-0.39, 0.29) is 12.6 Å². The lowest BCUT2D eigenvalue weighted by Crippen LogP contribution is -2.22. The molecule has 0 aliphatic carbocycles. The largest absolute Gasteiger partial charge is 0.353 e. The van der Waals surface area contributed by atoms with E-state index in [2.05, 4.69) is 12.2 Å². The highest BCUT2D eigenvalue weighted by molar-refractivity contribution is 4.89. The van der Waals surface area contributed by atoms with Crippen LogP contribution in [0.15, 0.2) is 24.3 Å². The van der Waals surface area contributed by atoms with E-state index in [1.54, 1.807) is 14.2 Å². The lowest BCUT2D eigenvalue weighted by molar-refractivity contribution is -0.188. The molecule has 0 aliphatic heterocycles. The van der Waals surface area contributed by atoms with Crippen LogP contribution in [0.4, 0.5) is 0 Å². The predicted molar refractivity (Wildman–Crippen MR) is 197 cm³/mol. The minimum Gasteiger partial charge on any atom is -0.353 e. The molecule has 0 fully saturated rings. The molecule has 0 heterocycles. The summed E-state index contributed by atoms with van der Waals surface area (Å²) in [7, 11) is 3.37. The van der Waals surface area contributed by atoms with Gasteiger partial charge in [0.05, 0.1) is 0 Å². The van der Waals surface area contributed by atoms with Crippen LogP contribution < -0.4 is 0 Å². The summed E-state index contributed by atoms with van der Waals surface area (Å²) in [5.41, 5.74) is 0. The second-order valence-electron chi connectivity index (χ2n) is 12.4. The molecule has 0 aromatic heterocycles. The Morgan fingerprint density at radius 2 is 0.660 bits per heavy atom.